The fraction of sp³-hybridized carbons (Fsp3) is 0.455. The molecule has 2 aromatic rings. The summed E-state index contributed by atoms with van der Waals surface area (Å²) in [6.07, 6.45) is 1.86. The van der Waals surface area contributed by atoms with E-state index in [1.54, 1.807) is 16.8 Å². The smallest absolute Gasteiger partial charge is 0.243 e. The van der Waals surface area contributed by atoms with E-state index in [1.807, 2.05) is 19.9 Å². The lowest BCUT2D eigenvalue weighted by atomic mass is 10.4. The van der Waals surface area contributed by atoms with E-state index in [9.17, 15) is 0 Å². The first-order valence-corrected chi connectivity index (χ1v) is 5.94. The van der Waals surface area contributed by atoms with Crippen LogP contribution in [0.1, 0.15) is 13.8 Å². The van der Waals surface area contributed by atoms with Crippen LogP contribution in [-0.4, -0.2) is 33.9 Å². The van der Waals surface area contributed by atoms with E-state index in [0.29, 0.717) is 24.1 Å². The molecule has 2 heterocycles. The maximum Gasteiger partial charge on any atom is 0.243 e. The number of aromatic nitrogens is 3. The Labute approximate surface area is 105 Å². The second-order valence-electron chi connectivity index (χ2n) is 3.73. The summed E-state index contributed by atoms with van der Waals surface area (Å²) < 4.78 is 7.06. The van der Waals surface area contributed by atoms with Crippen LogP contribution in [0.25, 0.3) is 5.65 Å². The van der Waals surface area contributed by atoms with Crippen LogP contribution in [0.2, 0.25) is 5.02 Å². The van der Waals surface area contributed by atoms with Gasteiger partial charge < -0.3 is 10.1 Å². The molecule has 1 N–H and O–H groups in total. The zero-order valence-corrected chi connectivity index (χ0v) is 10.6. The van der Waals surface area contributed by atoms with Crippen molar-refractivity contribution in [2.75, 3.05) is 18.5 Å². The Morgan fingerprint density at radius 2 is 2.35 bits per heavy atom. The van der Waals surface area contributed by atoms with Crippen LogP contribution in [0.5, 0.6) is 0 Å². The average Bonchev–Trinajstić information content (AvgIpc) is 2.68. The van der Waals surface area contributed by atoms with Crippen molar-refractivity contribution in [2.24, 2.45) is 0 Å². The summed E-state index contributed by atoms with van der Waals surface area (Å²) in [6.45, 7) is 5.36. The van der Waals surface area contributed by atoms with E-state index in [0.717, 1.165) is 5.65 Å². The zero-order valence-electron chi connectivity index (χ0n) is 9.85. The fourth-order valence-corrected chi connectivity index (χ4v) is 1.67. The van der Waals surface area contributed by atoms with Gasteiger partial charge in [-0.15, -0.1) is 5.10 Å². The third-order valence-electron chi connectivity index (χ3n) is 2.29. The van der Waals surface area contributed by atoms with E-state index >= 15 is 0 Å². The van der Waals surface area contributed by atoms with Crippen molar-refractivity contribution in [1.29, 1.82) is 0 Å². The lowest BCUT2D eigenvalue weighted by Gasteiger charge is -2.10. The Kier molecular flexibility index (Phi) is 3.81. The number of nitrogens with zero attached hydrogens (tertiary/aromatic N) is 3. The maximum atomic E-state index is 5.87. The minimum atomic E-state index is 0.134. The fourth-order valence-electron chi connectivity index (χ4n) is 1.51. The molecule has 0 amide bonds. The molecule has 0 aliphatic heterocycles. The molecular weight excluding hydrogens is 240 g/mol. The summed E-state index contributed by atoms with van der Waals surface area (Å²) in [4.78, 5) is 4.31. The monoisotopic (exact) mass is 254 g/mol. The lowest BCUT2D eigenvalue weighted by Crippen LogP contribution is -2.20. The average molecular weight is 255 g/mol. The van der Waals surface area contributed by atoms with Crippen LogP contribution >= 0.6 is 11.6 Å². The molecule has 6 heteroatoms. The van der Waals surface area contributed by atoms with Gasteiger partial charge in [-0.3, -0.25) is 0 Å². The highest BCUT2D eigenvalue weighted by molar-refractivity contribution is 6.30. The normalized spacial score (nSPS) is 12.9. The number of fused-ring (bicyclic) bond motifs is 1. The number of hydrogen-bond donors (Lipinski definition) is 1. The first kappa shape index (κ1) is 12.1. The predicted molar refractivity (Wildman–Crippen MR) is 67.6 cm³/mol. The Hall–Kier alpha value is -1.33. The number of hydrogen-bond acceptors (Lipinski definition) is 4. The van der Waals surface area contributed by atoms with Crippen LogP contribution < -0.4 is 5.32 Å². The highest BCUT2D eigenvalue weighted by Crippen LogP contribution is 2.11. The van der Waals surface area contributed by atoms with Crippen LogP contribution in [0, 0.1) is 0 Å². The van der Waals surface area contributed by atoms with Gasteiger partial charge in [-0.05, 0) is 26.0 Å². The van der Waals surface area contributed by atoms with Gasteiger partial charge in [0.25, 0.3) is 0 Å². The van der Waals surface area contributed by atoms with Gasteiger partial charge in [0, 0.05) is 19.3 Å². The minimum absolute atomic E-state index is 0.134. The van der Waals surface area contributed by atoms with Crippen molar-refractivity contribution in [2.45, 2.75) is 20.0 Å². The van der Waals surface area contributed by atoms with Crippen molar-refractivity contribution < 1.29 is 4.74 Å². The molecule has 0 aromatic carbocycles. The van der Waals surface area contributed by atoms with Crippen molar-refractivity contribution in [1.82, 2.24) is 14.6 Å². The van der Waals surface area contributed by atoms with E-state index in [4.69, 9.17) is 16.3 Å². The second kappa shape index (κ2) is 5.33. The topological polar surface area (TPSA) is 51.5 Å². The number of halogens is 1. The largest absolute Gasteiger partial charge is 0.377 e. The van der Waals surface area contributed by atoms with Gasteiger partial charge in [0.15, 0.2) is 5.65 Å². The summed E-state index contributed by atoms with van der Waals surface area (Å²) in [6, 6.07) is 3.62. The van der Waals surface area contributed by atoms with E-state index in [1.165, 1.54) is 0 Å². The van der Waals surface area contributed by atoms with Crippen molar-refractivity contribution >= 4 is 23.2 Å². The third kappa shape index (κ3) is 3.08. The molecule has 1 unspecified atom stereocenters. The molecule has 0 fully saturated rings. The van der Waals surface area contributed by atoms with Gasteiger partial charge in [-0.25, -0.2) is 4.52 Å². The van der Waals surface area contributed by atoms with Gasteiger partial charge in [0.2, 0.25) is 5.95 Å². The molecule has 5 nitrogen and oxygen atoms in total. The first-order valence-electron chi connectivity index (χ1n) is 5.56. The number of pyridine rings is 1. The van der Waals surface area contributed by atoms with Gasteiger partial charge in [0.05, 0.1) is 11.1 Å². The first-order chi connectivity index (χ1) is 8.19. The number of nitrogens with one attached hydrogen (secondary N) is 1. The van der Waals surface area contributed by atoms with Crippen LogP contribution in [0.4, 0.5) is 5.95 Å². The maximum absolute atomic E-state index is 5.87. The van der Waals surface area contributed by atoms with Crippen LogP contribution in [0.3, 0.4) is 0 Å². The molecule has 0 spiro atoms. The minimum Gasteiger partial charge on any atom is -0.377 e. The Morgan fingerprint density at radius 3 is 3.12 bits per heavy atom. The highest BCUT2D eigenvalue weighted by atomic mass is 35.5. The number of rotatable bonds is 5. The molecule has 17 heavy (non-hydrogen) atoms. The van der Waals surface area contributed by atoms with Crippen molar-refractivity contribution in [3.05, 3.63) is 23.4 Å². The molecule has 0 bridgehead atoms. The molecule has 1 atom stereocenters. The molecule has 92 valence electrons. The Balaban J connectivity index is 2.04. The molecular formula is C11H15ClN4O. The van der Waals surface area contributed by atoms with Crippen LogP contribution in [0.15, 0.2) is 18.3 Å². The number of anilines is 1. The zero-order chi connectivity index (χ0) is 12.3. The SMILES string of the molecule is CCOC(C)CNc1nc2ccc(Cl)cn2n1. The van der Waals surface area contributed by atoms with Crippen LogP contribution in [-0.2, 0) is 4.74 Å². The number of ether oxygens (including phenoxy) is 1. The van der Waals surface area contributed by atoms with E-state index in [2.05, 4.69) is 15.4 Å². The molecule has 0 aliphatic carbocycles. The van der Waals surface area contributed by atoms with Gasteiger partial charge >= 0.3 is 0 Å². The summed E-state index contributed by atoms with van der Waals surface area (Å²) in [5.41, 5.74) is 0.765. The van der Waals surface area contributed by atoms with Crippen molar-refractivity contribution in [3.63, 3.8) is 0 Å². The van der Waals surface area contributed by atoms with E-state index < -0.39 is 0 Å². The molecule has 2 rings (SSSR count). The van der Waals surface area contributed by atoms with Crippen molar-refractivity contribution in [3.8, 4) is 0 Å². The van der Waals surface area contributed by atoms with Gasteiger partial charge in [-0.1, -0.05) is 11.6 Å². The summed E-state index contributed by atoms with van der Waals surface area (Å²) >= 11 is 5.87. The van der Waals surface area contributed by atoms with Gasteiger partial charge in [-0.2, -0.15) is 4.98 Å². The lowest BCUT2D eigenvalue weighted by molar-refractivity contribution is 0.0854. The Bertz CT molecular complexity index is 499. The van der Waals surface area contributed by atoms with Gasteiger partial charge in [0.1, 0.15) is 0 Å². The summed E-state index contributed by atoms with van der Waals surface area (Å²) in [7, 11) is 0. The molecule has 0 saturated carbocycles. The molecule has 0 radical (unpaired) electrons. The predicted octanol–water partition coefficient (Wildman–Crippen LogP) is 2.22. The quantitative estimate of drug-likeness (QED) is 0.889. The molecule has 2 aromatic heterocycles. The second-order valence-corrected chi connectivity index (χ2v) is 4.17. The molecule has 0 saturated heterocycles. The molecule has 0 aliphatic rings. The summed E-state index contributed by atoms with van der Waals surface area (Å²) in [5.74, 6) is 0.582. The van der Waals surface area contributed by atoms with E-state index in [-0.39, 0.29) is 6.10 Å². The Morgan fingerprint density at radius 1 is 1.53 bits per heavy atom. The third-order valence-corrected chi connectivity index (χ3v) is 2.52. The standard InChI is InChI=1S/C11H15ClN4O/c1-3-17-8(2)6-13-11-14-10-5-4-9(12)7-16(10)15-11/h4-5,7-8H,3,6H2,1-2H3,(H,13,15). The highest BCUT2D eigenvalue weighted by Gasteiger charge is 2.05. The summed E-state index contributed by atoms with van der Waals surface area (Å²) in [5, 5.41) is 8.02.